The lowest BCUT2D eigenvalue weighted by Crippen LogP contribution is -2.03. The van der Waals surface area contributed by atoms with Gasteiger partial charge in [0.05, 0.1) is 16.5 Å². The molecule has 0 aliphatic carbocycles. The zero-order valence-electron chi connectivity index (χ0n) is 8.08. The summed E-state index contributed by atoms with van der Waals surface area (Å²) < 4.78 is 1.09. The highest BCUT2D eigenvalue weighted by molar-refractivity contribution is 9.11. The van der Waals surface area contributed by atoms with Crippen LogP contribution in [-0.2, 0) is 6.54 Å². The average Bonchev–Trinajstić information content (AvgIpc) is 2.66. The van der Waals surface area contributed by atoms with Crippen LogP contribution in [0.25, 0.3) is 0 Å². The number of nitrogens with zero attached hydrogens (tertiary/aromatic N) is 2. The lowest BCUT2D eigenvalue weighted by Gasteiger charge is -2.05. The minimum Gasteiger partial charge on any atom is -0.368 e. The van der Waals surface area contributed by atoms with Gasteiger partial charge in [0.25, 0.3) is 0 Å². The van der Waals surface area contributed by atoms with Crippen LogP contribution < -0.4 is 11.1 Å². The quantitative estimate of drug-likeness (QED) is 0.912. The van der Waals surface area contributed by atoms with Crippen LogP contribution in [0.1, 0.15) is 4.88 Å². The summed E-state index contributed by atoms with van der Waals surface area (Å²) in [5, 5.41) is 3.57. The van der Waals surface area contributed by atoms with E-state index in [2.05, 4.69) is 31.2 Å². The molecule has 4 nitrogen and oxygen atoms in total. The Hall–Kier alpha value is -0.850. The SMILES string of the molecule is Nc1ncc(Cl)c(NCc2ccc(Br)s2)n1. The van der Waals surface area contributed by atoms with Gasteiger partial charge in [-0.3, -0.25) is 0 Å². The van der Waals surface area contributed by atoms with Gasteiger partial charge >= 0.3 is 0 Å². The second-order valence-electron chi connectivity index (χ2n) is 2.98. The first-order chi connectivity index (χ1) is 7.65. The molecule has 0 saturated heterocycles. The fourth-order valence-corrected chi connectivity index (χ4v) is 2.70. The van der Waals surface area contributed by atoms with E-state index in [9.17, 15) is 0 Å². The highest BCUT2D eigenvalue weighted by Gasteiger charge is 2.04. The second kappa shape index (κ2) is 4.99. The third kappa shape index (κ3) is 2.84. The van der Waals surface area contributed by atoms with Gasteiger partial charge in [0.15, 0.2) is 5.82 Å². The van der Waals surface area contributed by atoms with Crippen LogP contribution in [0.15, 0.2) is 22.1 Å². The molecule has 0 radical (unpaired) electrons. The van der Waals surface area contributed by atoms with Crippen molar-refractivity contribution < 1.29 is 0 Å². The van der Waals surface area contributed by atoms with Crippen LogP contribution in [0.3, 0.4) is 0 Å². The maximum atomic E-state index is 5.92. The summed E-state index contributed by atoms with van der Waals surface area (Å²) in [6, 6.07) is 4.03. The minimum atomic E-state index is 0.208. The molecule has 84 valence electrons. The Morgan fingerprint density at radius 3 is 3.00 bits per heavy atom. The summed E-state index contributed by atoms with van der Waals surface area (Å²) in [5.74, 6) is 0.762. The van der Waals surface area contributed by atoms with Crippen LogP contribution in [0, 0.1) is 0 Å². The molecule has 0 unspecified atom stereocenters. The molecule has 0 fully saturated rings. The first-order valence-electron chi connectivity index (χ1n) is 4.41. The molecular weight excluding hydrogens is 312 g/mol. The fourth-order valence-electron chi connectivity index (χ4n) is 1.12. The Labute approximate surface area is 110 Å². The fraction of sp³-hybridized carbons (Fsp3) is 0.111. The van der Waals surface area contributed by atoms with Crippen LogP contribution in [0.2, 0.25) is 5.02 Å². The van der Waals surface area contributed by atoms with Crippen molar-refractivity contribution in [1.29, 1.82) is 0 Å². The van der Waals surface area contributed by atoms with Gasteiger partial charge in [-0.05, 0) is 28.1 Å². The Morgan fingerprint density at radius 1 is 1.50 bits per heavy atom. The predicted octanol–water partition coefficient (Wildman–Crippen LogP) is 3.15. The molecule has 0 spiro atoms. The lowest BCUT2D eigenvalue weighted by atomic mass is 10.4. The zero-order chi connectivity index (χ0) is 11.5. The maximum absolute atomic E-state index is 5.92. The first kappa shape index (κ1) is 11.6. The first-order valence-corrected chi connectivity index (χ1v) is 6.40. The highest BCUT2D eigenvalue weighted by atomic mass is 79.9. The van der Waals surface area contributed by atoms with E-state index < -0.39 is 0 Å². The Morgan fingerprint density at radius 2 is 2.31 bits per heavy atom. The molecule has 16 heavy (non-hydrogen) atoms. The van der Waals surface area contributed by atoms with Crippen molar-refractivity contribution >= 4 is 50.6 Å². The molecule has 2 aromatic heterocycles. The van der Waals surface area contributed by atoms with Gasteiger partial charge in [-0.25, -0.2) is 4.98 Å². The van der Waals surface area contributed by atoms with Crippen molar-refractivity contribution in [2.45, 2.75) is 6.54 Å². The number of nitrogens with one attached hydrogen (secondary N) is 1. The minimum absolute atomic E-state index is 0.208. The molecule has 0 aliphatic rings. The molecule has 0 saturated carbocycles. The van der Waals surface area contributed by atoms with Crippen LogP contribution in [-0.4, -0.2) is 9.97 Å². The van der Waals surface area contributed by atoms with Crippen molar-refractivity contribution in [3.8, 4) is 0 Å². The van der Waals surface area contributed by atoms with E-state index in [1.165, 1.54) is 11.1 Å². The smallest absolute Gasteiger partial charge is 0.222 e. The standard InChI is InChI=1S/C9H8BrClN4S/c10-7-2-1-5(16-7)3-13-8-6(11)4-14-9(12)15-8/h1-2,4H,3H2,(H3,12,13,14,15). The number of thiophene rings is 1. The van der Waals surface area contributed by atoms with Crippen LogP contribution >= 0.6 is 38.9 Å². The van der Waals surface area contributed by atoms with E-state index in [1.807, 2.05) is 12.1 Å². The van der Waals surface area contributed by atoms with Crippen molar-refractivity contribution in [1.82, 2.24) is 9.97 Å². The highest BCUT2D eigenvalue weighted by Crippen LogP contribution is 2.24. The molecule has 0 amide bonds. The van der Waals surface area contributed by atoms with Crippen molar-refractivity contribution in [2.24, 2.45) is 0 Å². The van der Waals surface area contributed by atoms with E-state index in [4.69, 9.17) is 17.3 Å². The number of aromatic nitrogens is 2. The molecule has 2 aromatic rings. The summed E-state index contributed by atoms with van der Waals surface area (Å²) in [7, 11) is 0. The van der Waals surface area contributed by atoms with Crippen LogP contribution in [0.4, 0.5) is 11.8 Å². The topological polar surface area (TPSA) is 63.8 Å². The third-order valence-electron chi connectivity index (χ3n) is 1.82. The average molecular weight is 320 g/mol. The predicted molar refractivity (Wildman–Crippen MR) is 70.8 cm³/mol. The molecule has 7 heteroatoms. The van der Waals surface area contributed by atoms with E-state index >= 15 is 0 Å². The molecule has 0 atom stereocenters. The van der Waals surface area contributed by atoms with Crippen molar-refractivity contribution in [3.63, 3.8) is 0 Å². The molecule has 3 N–H and O–H groups in total. The second-order valence-corrected chi connectivity index (χ2v) is 5.94. The summed E-state index contributed by atoms with van der Waals surface area (Å²) >= 11 is 11.0. The summed E-state index contributed by atoms with van der Waals surface area (Å²) in [6.45, 7) is 0.659. The normalized spacial score (nSPS) is 10.4. The number of rotatable bonds is 3. The van der Waals surface area contributed by atoms with Gasteiger partial charge in [0, 0.05) is 4.88 Å². The third-order valence-corrected chi connectivity index (χ3v) is 3.72. The van der Waals surface area contributed by atoms with Crippen LogP contribution in [0.5, 0.6) is 0 Å². The van der Waals surface area contributed by atoms with Gasteiger partial charge < -0.3 is 11.1 Å². The van der Waals surface area contributed by atoms with E-state index in [0.717, 1.165) is 3.79 Å². The number of anilines is 2. The van der Waals surface area contributed by atoms with Gasteiger partial charge in [0.1, 0.15) is 5.02 Å². The number of hydrogen-bond donors (Lipinski definition) is 2. The molecule has 0 aromatic carbocycles. The van der Waals surface area contributed by atoms with Gasteiger partial charge in [-0.1, -0.05) is 11.6 Å². The maximum Gasteiger partial charge on any atom is 0.222 e. The van der Waals surface area contributed by atoms with Crippen molar-refractivity contribution in [2.75, 3.05) is 11.1 Å². The number of hydrogen-bond acceptors (Lipinski definition) is 5. The van der Waals surface area contributed by atoms with Crippen molar-refractivity contribution in [3.05, 3.63) is 32.0 Å². The molecule has 2 heterocycles. The molecular formula is C9H8BrClN4S. The van der Waals surface area contributed by atoms with Gasteiger partial charge in [0.2, 0.25) is 5.95 Å². The molecule has 0 bridgehead atoms. The summed E-state index contributed by atoms with van der Waals surface area (Å²) in [6.07, 6.45) is 1.48. The Balaban J connectivity index is 2.07. The Kier molecular flexibility index (Phi) is 3.63. The number of halogens is 2. The largest absolute Gasteiger partial charge is 0.368 e. The number of nitrogen functional groups attached to an aromatic ring is 1. The lowest BCUT2D eigenvalue weighted by molar-refractivity contribution is 1.11. The van der Waals surface area contributed by atoms with E-state index in [1.54, 1.807) is 11.3 Å². The van der Waals surface area contributed by atoms with Gasteiger partial charge in [-0.15, -0.1) is 11.3 Å². The number of nitrogens with two attached hydrogens (primary N) is 1. The van der Waals surface area contributed by atoms with Gasteiger partial charge in [-0.2, -0.15) is 4.98 Å². The molecule has 2 rings (SSSR count). The molecule has 0 aliphatic heterocycles. The zero-order valence-corrected chi connectivity index (χ0v) is 11.2. The monoisotopic (exact) mass is 318 g/mol. The summed E-state index contributed by atoms with van der Waals surface area (Å²) in [5.41, 5.74) is 5.47. The summed E-state index contributed by atoms with van der Waals surface area (Å²) in [4.78, 5) is 8.98. The van der Waals surface area contributed by atoms with E-state index in [0.29, 0.717) is 17.4 Å². The van der Waals surface area contributed by atoms with E-state index in [-0.39, 0.29) is 5.95 Å². The Bertz CT molecular complexity index is 502.